The van der Waals surface area contributed by atoms with E-state index in [4.69, 9.17) is 10.5 Å². The minimum absolute atomic E-state index is 0.0447. The zero-order chi connectivity index (χ0) is 12.8. The number of ketones is 1. The molecule has 1 atom stereocenters. The van der Waals surface area contributed by atoms with E-state index in [-0.39, 0.29) is 18.0 Å². The number of methoxy groups -OCH3 is 1. The summed E-state index contributed by atoms with van der Waals surface area (Å²) in [5, 5.41) is 0. The smallest absolute Gasteiger partial charge is 0.153 e. The fourth-order valence-corrected chi connectivity index (χ4v) is 1.58. The average Bonchev–Trinajstić information content (AvgIpc) is 2.29. The van der Waals surface area contributed by atoms with E-state index in [1.54, 1.807) is 20.1 Å². The molecule has 0 saturated heterocycles. The van der Waals surface area contributed by atoms with Gasteiger partial charge >= 0.3 is 0 Å². The molecule has 3 nitrogen and oxygen atoms in total. The Balaban J connectivity index is 2.61. The van der Waals surface area contributed by atoms with Gasteiger partial charge in [0.1, 0.15) is 5.82 Å². The molecule has 0 aliphatic heterocycles. The SMILES string of the molecule is COCCC(N)C(=O)Cc1ccc(F)cc1C. The maximum atomic E-state index is 12.9. The van der Waals surface area contributed by atoms with Gasteiger partial charge in [-0.05, 0) is 36.6 Å². The van der Waals surface area contributed by atoms with E-state index >= 15 is 0 Å². The number of nitrogens with two attached hydrogens (primary N) is 1. The van der Waals surface area contributed by atoms with Gasteiger partial charge < -0.3 is 10.5 Å². The van der Waals surface area contributed by atoms with E-state index in [1.165, 1.54) is 12.1 Å². The molecule has 0 spiro atoms. The first kappa shape index (κ1) is 13.8. The average molecular weight is 239 g/mol. The molecular weight excluding hydrogens is 221 g/mol. The zero-order valence-corrected chi connectivity index (χ0v) is 10.2. The van der Waals surface area contributed by atoms with Crippen LogP contribution in [0.15, 0.2) is 18.2 Å². The normalized spacial score (nSPS) is 12.5. The summed E-state index contributed by atoms with van der Waals surface area (Å²) in [6.07, 6.45) is 0.757. The highest BCUT2D eigenvalue weighted by molar-refractivity contribution is 5.86. The molecule has 1 unspecified atom stereocenters. The van der Waals surface area contributed by atoms with Gasteiger partial charge in [-0.3, -0.25) is 4.79 Å². The lowest BCUT2D eigenvalue weighted by Crippen LogP contribution is -2.33. The van der Waals surface area contributed by atoms with Crippen LogP contribution in [0.1, 0.15) is 17.5 Å². The first-order chi connectivity index (χ1) is 8.04. The van der Waals surface area contributed by atoms with E-state index in [1.807, 2.05) is 0 Å². The molecule has 0 aliphatic carbocycles. The largest absolute Gasteiger partial charge is 0.385 e. The van der Waals surface area contributed by atoms with Crippen LogP contribution in [0.25, 0.3) is 0 Å². The van der Waals surface area contributed by atoms with E-state index in [0.717, 1.165) is 11.1 Å². The quantitative estimate of drug-likeness (QED) is 0.820. The maximum absolute atomic E-state index is 12.9. The Bertz CT molecular complexity index is 393. The number of aryl methyl sites for hydroxylation is 1. The molecule has 2 N–H and O–H groups in total. The van der Waals surface area contributed by atoms with Crippen molar-refractivity contribution in [1.29, 1.82) is 0 Å². The minimum Gasteiger partial charge on any atom is -0.385 e. The highest BCUT2D eigenvalue weighted by Crippen LogP contribution is 2.12. The summed E-state index contributed by atoms with van der Waals surface area (Å²) in [5.74, 6) is -0.334. The van der Waals surface area contributed by atoms with Gasteiger partial charge in [0.15, 0.2) is 5.78 Å². The van der Waals surface area contributed by atoms with E-state index in [9.17, 15) is 9.18 Å². The molecule has 1 aromatic carbocycles. The van der Waals surface area contributed by atoms with Crippen LogP contribution in [0.2, 0.25) is 0 Å². The summed E-state index contributed by atoms with van der Waals surface area (Å²) in [6.45, 7) is 2.25. The van der Waals surface area contributed by atoms with Crippen LogP contribution in [0, 0.1) is 12.7 Å². The van der Waals surface area contributed by atoms with Crippen molar-refractivity contribution in [2.45, 2.75) is 25.8 Å². The molecule has 0 aromatic heterocycles. The molecule has 17 heavy (non-hydrogen) atoms. The summed E-state index contributed by atoms with van der Waals surface area (Å²) in [7, 11) is 1.57. The minimum atomic E-state index is -0.514. The number of benzene rings is 1. The van der Waals surface area contributed by atoms with Crippen LogP contribution < -0.4 is 5.73 Å². The van der Waals surface area contributed by atoms with E-state index < -0.39 is 6.04 Å². The molecule has 0 aliphatic rings. The van der Waals surface area contributed by atoms with Crippen LogP contribution in [-0.4, -0.2) is 25.5 Å². The van der Waals surface area contributed by atoms with Gasteiger partial charge in [0.25, 0.3) is 0 Å². The third-order valence-electron chi connectivity index (χ3n) is 2.72. The van der Waals surface area contributed by atoms with Crippen LogP contribution in [-0.2, 0) is 16.0 Å². The predicted molar refractivity (Wildman–Crippen MR) is 64.3 cm³/mol. The predicted octanol–water partition coefficient (Wildman–Crippen LogP) is 1.61. The maximum Gasteiger partial charge on any atom is 0.153 e. The second-order valence-corrected chi connectivity index (χ2v) is 4.10. The highest BCUT2D eigenvalue weighted by atomic mass is 19.1. The number of hydrogen-bond acceptors (Lipinski definition) is 3. The number of ether oxygens (including phenoxy) is 1. The molecule has 1 rings (SSSR count). The number of carbonyl (C=O) groups is 1. The lowest BCUT2D eigenvalue weighted by molar-refractivity contribution is -0.120. The fraction of sp³-hybridized carbons (Fsp3) is 0.462. The Morgan fingerprint density at radius 2 is 2.24 bits per heavy atom. The number of halogens is 1. The van der Waals surface area contributed by atoms with Gasteiger partial charge in [0, 0.05) is 20.1 Å². The van der Waals surface area contributed by atoms with Crippen molar-refractivity contribution in [2.24, 2.45) is 5.73 Å². The second kappa shape index (κ2) is 6.47. The van der Waals surface area contributed by atoms with E-state index in [2.05, 4.69) is 0 Å². The number of rotatable bonds is 6. The standard InChI is InChI=1S/C13H18FNO2/c1-9-7-11(14)4-3-10(9)8-13(16)12(15)5-6-17-2/h3-4,7,12H,5-6,8,15H2,1-2H3. The molecule has 0 saturated carbocycles. The van der Waals surface area contributed by atoms with Gasteiger partial charge in [0.05, 0.1) is 6.04 Å². The fourth-order valence-electron chi connectivity index (χ4n) is 1.58. The Labute approximate surface area is 101 Å². The highest BCUT2D eigenvalue weighted by Gasteiger charge is 2.14. The van der Waals surface area contributed by atoms with Crippen molar-refractivity contribution in [2.75, 3.05) is 13.7 Å². The Kier molecular flexibility index (Phi) is 5.25. The summed E-state index contributed by atoms with van der Waals surface area (Å²) >= 11 is 0. The lowest BCUT2D eigenvalue weighted by atomic mass is 9.99. The molecule has 0 bridgehead atoms. The van der Waals surface area contributed by atoms with Gasteiger partial charge in [-0.15, -0.1) is 0 Å². The molecule has 0 heterocycles. The molecule has 0 amide bonds. The monoisotopic (exact) mass is 239 g/mol. The molecular formula is C13H18FNO2. The van der Waals surface area contributed by atoms with Crippen LogP contribution in [0.3, 0.4) is 0 Å². The van der Waals surface area contributed by atoms with Crippen molar-refractivity contribution in [3.8, 4) is 0 Å². The van der Waals surface area contributed by atoms with Crippen molar-refractivity contribution >= 4 is 5.78 Å². The number of carbonyl (C=O) groups excluding carboxylic acids is 1. The Hall–Kier alpha value is -1.26. The molecule has 0 fully saturated rings. The Morgan fingerprint density at radius 1 is 1.53 bits per heavy atom. The van der Waals surface area contributed by atoms with Crippen molar-refractivity contribution in [3.63, 3.8) is 0 Å². The third-order valence-corrected chi connectivity index (χ3v) is 2.72. The number of Topliss-reactive ketones (excluding diaryl/α,β-unsaturated/α-hetero) is 1. The first-order valence-corrected chi connectivity index (χ1v) is 5.57. The first-order valence-electron chi connectivity index (χ1n) is 5.57. The van der Waals surface area contributed by atoms with Crippen LogP contribution in [0.5, 0.6) is 0 Å². The molecule has 1 aromatic rings. The Morgan fingerprint density at radius 3 is 2.82 bits per heavy atom. The van der Waals surface area contributed by atoms with Gasteiger partial charge in [-0.2, -0.15) is 0 Å². The zero-order valence-electron chi connectivity index (χ0n) is 10.2. The third kappa shape index (κ3) is 4.24. The van der Waals surface area contributed by atoms with Crippen molar-refractivity contribution in [3.05, 3.63) is 35.1 Å². The topological polar surface area (TPSA) is 52.3 Å². The van der Waals surface area contributed by atoms with Gasteiger partial charge in [-0.25, -0.2) is 4.39 Å². The van der Waals surface area contributed by atoms with Gasteiger partial charge in [-0.1, -0.05) is 6.07 Å². The van der Waals surface area contributed by atoms with E-state index in [0.29, 0.717) is 13.0 Å². The summed E-state index contributed by atoms with van der Waals surface area (Å²) < 4.78 is 17.8. The molecule has 94 valence electrons. The summed E-state index contributed by atoms with van der Waals surface area (Å²) in [4.78, 5) is 11.8. The van der Waals surface area contributed by atoms with Crippen LogP contribution >= 0.6 is 0 Å². The lowest BCUT2D eigenvalue weighted by Gasteiger charge is -2.11. The summed E-state index contributed by atoms with van der Waals surface area (Å²) in [6, 6.07) is 3.89. The summed E-state index contributed by atoms with van der Waals surface area (Å²) in [5.41, 5.74) is 7.33. The van der Waals surface area contributed by atoms with Crippen molar-refractivity contribution < 1.29 is 13.9 Å². The second-order valence-electron chi connectivity index (χ2n) is 4.10. The van der Waals surface area contributed by atoms with Gasteiger partial charge in [0.2, 0.25) is 0 Å². The molecule has 4 heteroatoms. The van der Waals surface area contributed by atoms with Crippen LogP contribution in [0.4, 0.5) is 4.39 Å². The molecule has 0 radical (unpaired) electrons. The number of hydrogen-bond donors (Lipinski definition) is 1. The van der Waals surface area contributed by atoms with Crippen molar-refractivity contribution in [1.82, 2.24) is 0 Å².